The maximum atomic E-state index is 11.6. The van der Waals surface area contributed by atoms with E-state index >= 15 is 0 Å². The lowest BCUT2D eigenvalue weighted by Gasteiger charge is -2.05. The van der Waals surface area contributed by atoms with E-state index in [1.807, 2.05) is 42.5 Å². The van der Waals surface area contributed by atoms with Crippen molar-refractivity contribution in [3.05, 3.63) is 76.2 Å². The van der Waals surface area contributed by atoms with E-state index in [9.17, 15) is 4.79 Å². The van der Waals surface area contributed by atoms with E-state index in [0.717, 1.165) is 5.56 Å². The van der Waals surface area contributed by atoms with Crippen LogP contribution >= 0.6 is 0 Å². The van der Waals surface area contributed by atoms with Crippen molar-refractivity contribution in [2.45, 2.75) is 0 Å². The van der Waals surface area contributed by atoms with Gasteiger partial charge in [0.05, 0.1) is 5.69 Å². The smallest absolute Gasteiger partial charge is 0.230 e. The molecule has 0 spiro atoms. The standard InChI is InChI=1S/C16H12N4O/c17-20-18-12-16(21)19-15-9-5-4-8-14(15)11-10-13-6-2-1-3-7-13/h1-9H,12H2,(H,19,21). The van der Waals surface area contributed by atoms with E-state index in [2.05, 4.69) is 27.2 Å². The summed E-state index contributed by atoms with van der Waals surface area (Å²) in [6.45, 7) is -0.239. The molecular weight excluding hydrogens is 264 g/mol. The number of benzene rings is 2. The van der Waals surface area contributed by atoms with E-state index in [-0.39, 0.29) is 12.5 Å². The molecule has 102 valence electrons. The number of amides is 1. The van der Waals surface area contributed by atoms with E-state index in [1.165, 1.54) is 0 Å². The average Bonchev–Trinajstić information content (AvgIpc) is 2.53. The fourth-order valence-electron chi connectivity index (χ4n) is 1.65. The van der Waals surface area contributed by atoms with Gasteiger partial charge in [-0.15, -0.1) is 0 Å². The zero-order valence-corrected chi connectivity index (χ0v) is 11.2. The second kappa shape index (κ2) is 7.39. The number of nitrogens with zero attached hydrogens (tertiary/aromatic N) is 3. The Balaban J connectivity index is 2.19. The first-order valence-electron chi connectivity index (χ1n) is 6.26. The molecule has 2 rings (SSSR count). The zero-order chi connectivity index (χ0) is 14.9. The molecular formula is C16H12N4O. The molecule has 0 bridgehead atoms. The highest BCUT2D eigenvalue weighted by molar-refractivity contribution is 5.93. The van der Waals surface area contributed by atoms with Crippen LogP contribution in [0.2, 0.25) is 0 Å². The Morgan fingerprint density at radius 2 is 1.81 bits per heavy atom. The number of carbonyl (C=O) groups is 1. The predicted molar refractivity (Wildman–Crippen MR) is 81.5 cm³/mol. The lowest BCUT2D eigenvalue weighted by Crippen LogP contribution is -2.15. The Labute approximate surface area is 122 Å². The van der Waals surface area contributed by atoms with E-state index in [1.54, 1.807) is 12.1 Å². The van der Waals surface area contributed by atoms with Crippen molar-refractivity contribution >= 4 is 11.6 Å². The second-order valence-electron chi connectivity index (χ2n) is 4.10. The molecule has 0 aliphatic carbocycles. The van der Waals surface area contributed by atoms with Crippen molar-refractivity contribution in [3.63, 3.8) is 0 Å². The molecule has 0 aromatic heterocycles. The number of azide groups is 1. The molecule has 5 nitrogen and oxygen atoms in total. The van der Waals surface area contributed by atoms with Crippen LogP contribution in [0, 0.1) is 11.8 Å². The molecule has 0 aliphatic heterocycles. The SMILES string of the molecule is [N-]=[N+]=NCC(=O)Nc1ccccc1C#Cc1ccccc1. The van der Waals surface area contributed by atoms with Crippen molar-refractivity contribution in [2.75, 3.05) is 11.9 Å². The summed E-state index contributed by atoms with van der Waals surface area (Å²) in [5.74, 6) is 5.68. The average molecular weight is 276 g/mol. The summed E-state index contributed by atoms with van der Waals surface area (Å²) in [5.41, 5.74) is 10.4. The minimum atomic E-state index is -0.373. The van der Waals surface area contributed by atoms with Gasteiger partial charge in [-0.2, -0.15) is 0 Å². The van der Waals surface area contributed by atoms with E-state index in [4.69, 9.17) is 5.53 Å². The van der Waals surface area contributed by atoms with Gasteiger partial charge < -0.3 is 5.32 Å². The van der Waals surface area contributed by atoms with Crippen molar-refractivity contribution in [3.8, 4) is 11.8 Å². The normalized spacial score (nSPS) is 8.95. The second-order valence-corrected chi connectivity index (χ2v) is 4.10. The van der Waals surface area contributed by atoms with Crippen LogP contribution in [0.4, 0.5) is 5.69 Å². The van der Waals surface area contributed by atoms with Crippen LogP contribution < -0.4 is 5.32 Å². The molecule has 0 saturated carbocycles. The molecule has 0 fully saturated rings. The van der Waals surface area contributed by atoms with E-state index in [0.29, 0.717) is 11.3 Å². The summed E-state index contributed by atoms with van der Waals surface area (Å²) in [6.07, 6.45) is 0. The van der Waals surface area contributed by atoms with Crippen LogP contribution in [0.5, 0.6) is 0 Å². The Hall–Kier alpha value is -3.22. The summed E-state index contributed by atoms with van der Waals surface area (Å²) >= 11 is 0. The van der Waals surface area contributed by atoms with Gasteiger partial charge in [0.25, 0.3) is 0 Å². The summed E-state index contributed by atoms with van der Waals surface area (Å²) in [4.78, 5) is 14.1. The summed E-state index contributed by atoms with van der Waals surface area (Å²) in [7, 11) is 0. The summed E-state index contributed by atoms with van der Waals surface area (Å²) < 4.78 is 0. The number of rotatable bonds is 3. The highest BCUT2D eigenvalue weighted by atomic mass is 16.1. The van der Waals surface area contributed by atoms with Crippen molar-refractivity contribution in [1.29, 1.82) is 0 Å². The zero-order valence-electron chi connectivity index (χ0n) is 11.2. The molecule has 2 aromatic rings. The van der Waals surface area contributed by atoms with Crippen LogP contribution in [0.1, 0.15) is 11.1 Å². The number of hydrogen-bond donors (Lipinski definition) is 1. The minimum Gasteiger partial charge on any atom is -0.325 e. The van der Waals surface area contributed by atoms with Crippen LogP contribution in [0.25, 0.3) is 10.4 Å². The van der Waals surface area contributed by atoms with Gasteiger partial charge in [-0.1, -0.05) is 47.3 Å². The van der Waals surface area contributed by atoms with Crippen LogP contribution in [-0.4, -0.2) is 12.5 Å². The molecule has 5 heteroatoms. The number of para-hydroxylation sites is 1. The van der Waals surface area contributed by atoms with Crippen LogP contribution in [-0.2, 0) is 4.79 Å². The Morgan fingerprint density at radius 3 is 2.57 bits per heavy atom. The lowest BCUT2D eigenvalue weighted by atomic mass is 10.1. The predicted octanol–water partition coefficient (Wildman–Crippen LogP) is 3.34. The third-order valence-electron chi connectivity index (χ3n) is 2.59. The number of carbonyl (C=O) groups excluding carboxylic acids is 1. The number of nitrogens with one attached hydrogen (secondary N) is 1. The quantitative estimate of drug-likeness (QED) is 0.397. The monoisotopic (exact) mass is 276 g/mol. The fraction of sp³-hybridized carbons (Fsp3) is 0.0625. The summed E-state index contributed by atoms with van der Waals surface area (Å²) in [6, 6.07) is 16.8. The Bertz CT molecular complexity index is 738. The van der Waals surface area contributed by atoms with Crippen LogP contribution in [0.3, 0.4) is 0 Å². The van der Waals surface area contributed by atoms with Gasteiger partial charge in [-0.3, -0.25) is 4.79 Å². The fourth-order valence-corrected chi connectivity index (χ4v) is 1.65. The molecule has 0 heterocycles. The number of anilines is 1. The van der Waals surface area contributed by atoms with Gasteiger partial charge in [0.2, 0.25) is 5.91 Å². The molecule has 21 heavy (non-hydrogen) atoms. The van der Waals surface area contributed by atoms with Gasteiger partial charge in [0.1, 0.15) is 6.54 Å². The van der Waals surface area contributed by atoms with Gasteiger partial charge in [0, 0.05) is 16.0 Å². The maximum absolute atomic E-state index is 11.6. The lowest BCUT2D eigenvalue weighted by molar-refractivity contribution is -0.114. The molecule has 0 atom stereocenters. The Morgan fingerprint density at radius 1 is 1.10 bits per heavy atom. The largest absolute Gasteiger partial charge is 0.325 e. The molecule has 1 N–H and O–H groups in total. The van der Waals surface area contributed by atoms with Crippen molar-refractivity contribution in [2.24, 2.45) is 5.11 Å². The molecule has 2 aromatic carbocycles. The molecule has 0 aliphatic rings. The third-order valence-corrected chi connectivity index (χ3v) is 2.59. The molecule has 1 amide bonds. The number of hydrogen-bond acceptors (Lipinski definition) is 2. The van der Waals surface area contributed by atoms with Crippen molar-refractivity contribution < 1.29 is 4.79 Å². The highest BCUT2D eigenvalue weighted by Crippen LogP contribution is 2.13. The Kier molecular flexibility index (Phi) is 4.99. The minimum absolute atomic E-state index is 0.239. The highest BCUT2D eigenvalue weighted by Gasteiger charge is 2.03. The first-order chi connectivity index (χ1) is 10.3. The van der Waals surface area contributed by atoms with Crippen LogP contribution in [0.15, 0.2) is 59.7 Å². The van der Waals surface area contributed by atoms with Gasteiger partial charge in [-0.25, -0.2) is 0 Å². The topological polar surface area (TPSA) is 77.9 Å². The molecule has 0 unspecified atom stereocenters. The first kappa shape index (κ1) is 14.2. The van der Waals surface area contributed by atoms with Crippen molar-refractivity contribution in [1.82, 2.24) is 0 Å². The molecule has 0 saturated heterocycles. The first-order valence-corrected chi connectivity index (χ1v) is 6.26. The maximum Gasteiger partial charge on any atom is 0.230 e. The summed E-state index contributed by atoms with van der Waals surface area (Å²) in [5, 5.41) is 5.90. The van der Waals surface area contributed by atoms with Gasteiger partial charge in [-0.05, 0) is 29.8 Å². The van der Waals surface area contributed by atoms with Gasteiger partial charge >= 0.3 is 0 Å². The molecule has 0 radical (unpaired) electrons. The third kappa shape index (κ3) is 4.43. The van der Waals surface area contributed by atoms with E-state index < -0.39 is 0 Å². The van der Waals surface area contributed by atoms with Gasteiger partial charge in [0.15, 0.2) is 0 Å².